The molecule has 5 nitrogen and oxygen atoms in total. The highest BCUT2D eigenvalue weighted by Crippen LogP contribution is 2.36. The topological polar surface area (TPSA) is 70.9 Å². The number of aryl methyl sites for hydroxylation is 1. The fourth-order valence-corrected chi connectivity index (χ4v) is 3.42. The van der Waals surface area contributed by atoms with E-state index >= 15 is 0 Å². The Hall–Kier alpha value is -2.73. The van der Waals surface area contributed by atoms with Crippen molar-refractivity contribution in [3.63, 3.8) is 0 Å². The summed E-state index contributed by atoms with van der Waals surface area (Å²) in [5, 5.41) is 14.2. The number of thiophene rings is 1. The van der Waals surface area contributed by atoms with Gasteiger partial charge in [-0.05, 0) is 36.8 Å². The van der Waals surface area contributed by atoms with Crippen LogP contribution in [0.3, 0.4) is 0 Å². The molecule has 0 radical (unpaired) electrons. The van der Waals surface area contributed by atoms with E-state index in [1.165, 1.54) is 17.7 Å². The van der Waals surface area contributed by atoms with Crippen LogP contribution in [0, 0.1) is 6.92 Å². The molecule has 6 heteroatoms. The second-order valence-corrected chi connectivity index (χ2v) is 6.00. The van der Waals surface area contributed by atoms with Crippen molar-refractivity contribution in [2.75, 3.05) is 5.32 Å². The quantitative estimate of drug-likeness (QED) is 0.548. The van der Waals surface area contributed by atoms with Crippen LogP contribution in [0.5, 0.6) is 5.75 Å². The molecule has 0 amide bonds. The number of rotatable bonds is 2. The van der Waals surface area contributed by atoms with Gasteiger partial charge in [0.1, 0.15) is 16.9 Å². The van der Waals surface area contributed by atoms with Gasteiger partial charge in [-0.1, -0.05) is 6.07 Å². The van der Waals surface area contributed by atoms with Crippen molar-refractivity contribution >= 4 is 43.3 Å². The Morgan fingerprint density at radius 1 is 1.14 bits per heavy atom. The molecule has 0 saturated heterocycles. The normalized spacial score (nSPS) is 11.1. The van der Waals surface area contributed by atoms with E-state index in [-0.39, 0.29) is 5.75 Å². The van der Waals surface area contributed by atoms with Crippen molar-refractivity contribution in [1.29, 1.82) is 0 Å². The molecule has 4 rings (SSSR count). The van der Waals surface area contributed by atoms with Gasteiger partial charge in [0.05, 0.1) is 15.9 Å². The zero-order valence-electron chi connectivity index (χ0n) is 11.7. The molecule has 0 fully saturated rings. The Balaban J connectivity index is 1.90. The standard InChI is InChI=1S/C16H12N4OS/c1-9-4-5-12(21)11(7-9)20-15-14-13(18-8-19-15)10-3-2-6-17-16(10)22-14/h2-8,21H,1H3,(H,18,19,20). The number of pyridine rings is 1. The van der Waals surface area contributed by atoms with E-state index in [4.69, 9.17) is 0 Å². The van der Waals surface area contributed by atoms with Crippen molar-refractivity contribution in [2.24, 2.45) is 0 Å². The largest absolute Gasteiger partial charge is 0.506 e. The first kappa shape index (κ1) is 13.0. The zero-order chi connectivity index (χ0) is 15.1. The van der Waals surface area contributed by atoms with E-state index in [2.05, 4.69) is 20.3 Å². The van der Waals surface area contributed by atoms with Gasteiger partial charge >= 0.3 is 0 Å². The Morgan fingerprint density at radius 3 is 2.95 bits per heavy atom. The molecule has 22 heavy (non-hydrogen) atoms. The number of fused-ring (bicyclic) bond motifs is 3. The van der Waals surface area contributed by atoms with Crippen LogP contribution in [0.15, 0.2) is 42.9 Å². The van der Waals surface area contributed by atoms with Crippen molar-refractivity contribution in [2.45, 2.75) is 6.92 Å². The van der Waals surface area contributed by atoms with Crippen molar-refractivity contribution in [1.82, 2.24) is 15.0 Å². The molecule has 0 unspecified atom stereocenters. The predicted octanol–water partition coefficient (Wildman–Crippen LogP) is 4.00. The lowest BCUT2D eigenvalue weighted by atomic mass is 10.2. The number of phenolic OH excluding ortho intramolecular Hbond substituents is 1. The average molecular weight is 308 g/mol. The van der Waals surface area contributed by atoms with Crippen LogP contribution in [0.25, 0.3) is 20.4 Å². The van der Waals surface area contributed by atoms with Crippen LogP contribution < -0.4 is 5.32 Å². The smallest absolute Gasteiger partial charge is 0.152 e. The predicted molar refractivity (Wildman–Crippen MR) is 88.8 cm³/mol. The first-order valence-electron chi connectivity index (χ1n) is 6.77. The van der Waals surface area contributed by atoms with Crippen LogP contribution in [0.4, 0.5) is 11.5 Å². The molecule has 3 heterocycles. The summed E-state index contributed by atoms with van der Waals surface area (Å²) < 4.78 is 0.928. The Labute approximate surface area is 130 Å². The van der Waals surface area contributed by atoms with E-state index < -0.39 is 0 Å². The fraction of sp³-hybridized carbons (Fsp3) is 0.0625. The number of nitrogens with one attached hydrogen (secondary N) is 1. The van der Waals surface area contributed by atoms with Crippen LogP contribution in [-0.2, 0) is 0 Å². The number of hydrogen-bond donors (Lipinski definition) is 2. The second-order valence-electron chi connectivity index (χ2n) is 5.00. The number of benzene rings is 1. The van der Waals surface area contributed by atoms with Crippen LogP contribution >= 0.6 is 11.3 Å². The third-order valence-corrected chi connectivity index (χ3v) is 4.54. The molecular weight excluding hydrogens is 296 g/mol. The summed E-state index contributed by atoms with van der Waals surface area (Å²) in [6.45, 7) is 1.98. The molecule has 1 aromatic carbocycles. The number of nitrogens with zero attached hydrogens (tertiary/aromatic N) is 3. The fourth-order valence-electron chi connectivity index (χ4n) is 2.38. The molecule has 0 spiro atoms. The molecule has 0 saturated carbocycles. The maximum atomic E-state index is 9.99. The summed E-state index contributed by atoms with van der Waals surface area (Å²) in [7, 11) is 0. The summed E-state index contributed by atoms with van der Waals surface area (Å²) in [5.41, 5.74) is 2.56. The monoisotopic (exact) mass is 308 g/mol. The van der Waals surface area contributed by atoms with E-state index in [0.717, 1.165) is 26.0 Å². The molecule has 0 aliphatic heterocycles. The Kier molecular flexibility index (Phi) is 2.90. The third kappa shape index (κ3) is 2.05. The summed E-state index contributed by atoms with van der Waals surface area (Å²) in [4.78, 5) is 14.0. The van der Waals surface area contributed by atoms with E-state index in [1.807, 2.05) is 31.2 Å². The van der Waals surface area contributed by atoms with Gasteiger partial charge in [0.15, 0.2) is 5.82 Å². The average Bonchev–Trinajstić information content (AvgIpc) is 2.91. The zero-order valence-corrected chi connectivity index (χ0v) is 12.6. The van der Waals surface area contributed by atoms with Crippen LogP contribution in [0.1, 0.15) is 5.56 Å². The van der Waals surface area contributed by atoms with Gasteiger partial charge < -0.3 is 10.4 Å². The SMILES string of the molecule is Cc1ccc(O)c(Nc2ncnc3c2sc2ncccc23)c1. The molecule has 0 atom stereocenters. The van der Waals surface area contributed by atoms with E-state index in [1.54, 1.807) is 12.3 Å². The molecular formula is C16H12N4OS. The van der Waals surface area contributed by atoms with Gasteiger partial charge in [-0.15, -0.1) is 11.3 Å². The van der Waals surface area contributed by atoms with E-state index in [0.29, 0.717) is 11.5 Å². The van der Waals surface area contributed by atoms with Crippen LogP contribution in [-0.4, -0.2) is 20.1 Å². The maximum absolute atomic E-state index is 9.99. The van der Waals surface area contributed by atoms with Gasteiger partial charge in [-0.2, -0.15) is 0 Å². The Bertz CT molecular complexity index is 996. The first-order valence-corrected chi connectivity index (χ1v) is 7.59. The molecule has 0 aliphatic rings. The number of aromatic hydroxyl groups is 1. The van der Waals surface area contributed by atoms with Crippen LogP contribution in [0.2, 0.25) is 0 Å². The number of hydrogen-bond acceptors (Lipinski definition) is 6. The van der Waals surface area contributed by atoms with Gasteiger partial charge in [-0.3, -0.25) is 0 Å². The molecule has 0 bridgehead atoms. The highest BCUT2D eigenvalue weighted by molar-refractivity contribution is 7.25. The minimum Gasteiger partial charge on any atom is -0.506 e. The molecule has 2 N–H and O–H groups in total. The minimum atomic E-state index is 0.191. The Morgan fingerprint density at radius 2 is 2.05 bits per heavy atom. The molecule has 4 aromatic rings. The lowest BCUT2D eigenvalue weighted by Gasteiger charge is -2.08. The summed E-state index contributed by atoms with van der Waals surface area (Å²) in [6.07, 6.45) is 3.29. The lowest BCUT2D eigenvalue weighted by molar-refractivity contribution is 0.477. The summed E-state index contributed by atoms with van der Waals surface area (Å²) in [5.74, 6) is 0.866. The van der Waals surface area contributed by atoms with Crippen molar-refractivity contribution in [3.05, 3.63) is 48.4 Å². The minimum absolute atomic E-state index is 0.191. The number of phenols is 1. The van der Waals surface area contributed by atoms with Gasteiger partial charge in [0.2, 0.25) is 0 Å². The van der Waals surface area contributed by atoms with E-state index in [9.17, 15) is 5.11 Å². The summed E-state index contributed by atoms with van der Waals surface area (Å²) in [6, 6.07) is 9.31. The number of anilines is 2. The summed E-state index contributed by atoms with van der Waals surface area (Å²) >= 11 is 1.54. The molecule has 0 aliphatic carbocycles. The second kappa shape index (κ2) is 4.92. The number of aromatic nitrogens is 3. The maximum Gasteiger partial charge on any atom is 0.152 e. The van der Waals surface area contributed by atoms with Gasteiger partial charge in [-0.25, -0.2) is 15.0 Å². The van der Waals surface area contributed by atoms with Crippen molar-refractivity contribution < 1.29 is 5.11 Å². The molecule has 108 valence electrons. The van der Waals surface area contributed by atoms with Gasteiger partial charge in [0.25, 0.3) is 0 Å². The lowest BCUT2D eigenvalue weighted by Crippen LogP contribution is -1.95. The first-order chi connectivity index (χ1) is 10.7. The van der Waals surface area contributed by atoms with Crippen molar-refractivity contribution in [3.8, 4) is 5.75 Å². The highest BCUT2D eigenvalue weighted by Gasteiger charge is 2.13. The third-order valence-electron chi connectivity index (χ3n) is 3.43. The molecule has 3 aromatic heterocycles. The van der Waals surface area contributed by atoms with Gasteiger partial charge in [0, 0.05) is 11.6 Å². The highest BCUT2D eigenvalue weighted by atomic mass is 32.1.